The highest BCUT2D eigenvalue weighted by molar-refractivity contribution is 7.13. The van der Waals surface area contributed by atoms with Crippen molar-refractivity contribution in [2.45, 2.75) is 32.2 Å². The minimum absolute atomic E-state index is 0.0288. The van der Waals surface area contributed by atoms with Crippen LogP contribution < -0.4 is 5.32 Å². The standard InChI is InChI=1S/C16H16F2N2O3S/c1-16(2,7-6-12(21)22)20-14(23)11-8-24-15(19-11)13-9(17)4-3-5-10(13)18/h3-5,8H,6-7H2,1-2H3,(H,20,23)(H,21,22). The van der Waals surface area contributed by atoms with Gasteiger partial charge in [-0.1, -0.05) is 6.07 Å². The Labute approximate surface area is 141 Å². The molecule has 1 aromatic heterocycles. The van der Waals surface area contributed by atoms with E-state index in [9.17, 15) is 18.4 Å². The van der Waals surface area contributed by atoms with Gasteiger partial charge in [-0.05, 0) is 32.4 Å². The summed E-state index contributed by atoms with van der Waals surface area (Å²) in [6.45, 7) is 3.38. The van der Waals surface area contributed by atoms with Gasteiger partial charge < -0.3 is 10.4 Å². The van der Waals surface area contributed by atoms with Crippen molar-refractivity contribution in [2.24, 2.45) is 0 Å². The molecular weight excluding hydrogens is 338 g/mol. The van der Waals surface area contributed by atoms with Crippen LogP contribution in [0.25, 0.3) is 10.6 Å². The smallest absolute Gasteiger partial charge is 0.303 e. The molecule has 0 saturated heterocycles. The van der Waals surface area contributed by atoms with E-state index in [1.165, 1.54) is 11.4 Å². The summed E-state index contributed by atoms with van der Waals surface area (Å²) in [5, 5.41) is 12.9. The second-order valence-electron chi connectivity index (χ2n) is 5.87. The van der Waals surface area contributed by atoms with Crippen LogP contribution in [0.5, 0.6) is 0 Å². The summed E-state index contributed by atoms with van der Waals surface area (Å²) in [4.78, 5) is 26.8. The second-order valence-corrected chi connectivity index (χ2v) is 6.72. The van der Waals surface area contributed by atoms with Crippen LogP contribution in [-0.4, -0.2) is 27.5 Å². The Morgan fingerprint density at radius 1 is 1.29 bits per heavy atom. The molecule has 1 amide bonds. The lowest BCUT2D eigenvalue weighted by atomic mass is 9.98. The third kappa shape index (κ3) is 4.35. The number of nitrogens with zero attached hydrogens (tertiary/aromatic N) is 1. The van der Waals surface area contributed by atoms with E-state index in [1.54, 1.807) is 13.8 Å². The third-order valence-electron chi connectivity index (χ3n) is 3.33. The largest absolute Gasteiger partial charge is 0.481 e. The number of benzene rings is 1. The predicted octanol–water partition coefficient (Wildman–Crippen LogP) is 3.46. The zero-order valence-electron chi connectivity index (χ0n) is 13.1. The van der Waals surface area contributed by atoms with Gasteiger partial charge in [-0.3, -0.25) is 9.59 Å². The Bertz CT molecular complexity index is 754. The number of aromatic nitrogens is 1. The molecule has 1 aromatic carbocycles. The van der Waals surface area contributed by atoms with Crippen LogP contribution in [0.4, 0.5) is 8.78 Å². The van der Waals surface area contributed by atoms with Crippen molar-refractivity contribution in [3.05, 3.63) is 40.9 Å². The maximum absolute atomic E-state index is 13.8. The number of hydrogen-bond acceptors (Lipinski definition) is 4. The highest BCUT2D eigenvalue weighted by atomic mass is 32.1. The van der Waals surface area contributed by atoms with Gasteiger partial charge in [0, 0.05) is 17.3 Å². The Kier molecular flexibility index (Phi) is 5.28. The SMILES string of the molecule is CC(C)(CCC(=O)O)NC(=O)c1csc(-c2c(F)cccc2F)n1. The van der Waals surface area contributed by atoms with Crippen LogP contribution in [0, 0.1) is 11.6 Å². The molecule has 1 heterocycles. The van der Waals surface area contributed by atoms with Crippen LogP contribution in [-0.2, 0) is 4.79 Å². The molecular formula is C16H16F2N2O3S. The number of nitrogens with one attached hydrogen (secondary N) is 1. The lowest BCUT2D eigenvalue weighted by Gasteiger charge is -2.25. The minimum atomic E-state index is -0.955. The average molecular weight is 354 g/mol. The monoisotopic (exact) mass is 354 g/mol. The van der Waals surface area contributed by atoms with Crippen LogP contribution in [0.3, 0.4) is 0 Å². The van der Waals surface area contributed by atoms with Crippen LogP contribution >= 0.6 is 11.3 Å². The molecule has 8 heteroatoms. The summed E-state index contributed by atoms with van der Waals surface area (Å²) in [6, 6.07) is 3.49. The Balaban J connectivity index is 2.16. The molecule has 2 rings (SSSR count). The number of hydrogen-bond donors (Lipinski definition) is 2. The summed E-state index contributed by atoms with van der Waals surface area (Å²) < 4.78 is 27.5. The van der Waals surface area contributed by atoms with Gasteiger partial charge >= 0.3 is 5.97 Å². The molecule has 128 valence electrons. The fourth-order valence-electron chi connectivity index (χ4n) is 2.05. The molecule has 2 aromatic rings. The van der Waals surface area contributed by atoms with Gasteiger partial charge in [-0.2, -0.15) is 0 Å². The first-order valence-electron chi connectivity index (χ1n) is 7.14. The van der Waals surface area contributed by atoms with E-state index >= 15 is 0 Å². The molecule has 0 aliphatic heterocycles. The summed E-state index contributed by atoms with van der Waals surface area (Å²) >= 11 is 0.957. The normalized spacial score (nSPS) is 11.3. The fourth-order valence-corrected chi connectivity index (χ4v) is 2.90. The molecule has 0 aliphatic rings. The van der Waals surface area contributed by atoms with Crippen molar-refractivity contribution in [3.63, 3.8) is 0 Å². The topological polar surface area (TPSA) is 79.3 Å². The number of carboxylic acid groups (broad SMARTS) is 1. The number of carbonyl (C=O) groups excluding carboxylic acids is 1. The Hall–Kier alpha value is -2.35. The molecule has 0 saturated carbocycles. The number of carbonyl (C=O) groups is 2. The zero-order chi connectivity index (χ0) is 17.9. The first-order chi connectivity index (χ1) is 11.2. The van der Waals surface area contributed by atoms with E-state index in [-0.39, 0.29) is 29.1 Å². The highest BCUT2D eigenvalue weighted by Crippen LogP contribution is 2.29. The average Bonchev–Trinajstić information content (AvgIpc) is 2.94. The highest BCUT2D eigenvalue weighted by Gasteiger charge is 2.24. The minimum Gasteiger partial charge on any atom is -0.481 e. The van der Waals surface area contributed by atoms with Crippen molar-refractivity contribution >= 4 is 23.2 Å². The van der Waals surface area contributed by atoms with Gasteiger partial charge in [0.1, 0.15) is 22.3 Å². The van der Waals surface area contributed by atoms with Crippen LogP contribution in [0.2, 0.25) is 0 Å². The van der Waals surface area contributed by atoms with Gasteiger partial charge in [-0.15, -0.1) is 11.3 Å². The van der Waals surface area contributed by atoms with Gasteiger partial charge in [0.15, 0.2) is 0 Å². The zero-order valence-corrected chi connectivity index (χ0v) is 13.9. The van der Waals surface area contributed by atoms with Gasteiger partial charge in [0.2, 0.25) is 0 Å². The molecule has 0 atom stereocenters. The van der Waals surface area contributed by atoms with Crippen molar-refractivity contribution in [2.75, 3.05) is 0 Å². The second kappa shape index (κ2) is 7.04. The maximum atomic E-state index is 13.8. The van der Waals surface area contributed by atoms with Crippen molar-refractivity contribution in [1.29, 1.82) is 0 Å². The van der Waals surface area contributed by atoms with Crippen molar-refractivity contribution in [3.8, 4) is 10.6 Å². The van der Waals surface area contributed by atoms with Crippen LogP contribution in [0.15, 0.2) is 23.6 Å². The molecule has 0 aliphatic carbocycles. The molecule has 24 heavy (non-hydrogen) atoms. The van der Waals surface area contributed by atoms with E-state index < -0.39 is 29.0 Å². The quantitative estimate of drug-likeness (QED) is 0.833. The molecule has 0 unspecified atom stereocenters. The number of aliphatic carboxylic acids is 1. The van der Waals surface area contributed by atoms with E-state index in [4.69, 9.17) is 5.11 Å². The number of rotatable bonds is 6. The number of carboxylic acids is 1. The Morgan fingerprint density at radius 2 is 1.92 bits per heavy atom. The third-order valence-corrected chi connectivity index (χ3v) is 4.19. The van der Waals surface area contributed by atoms with E-state index in [0.29, 0.717) is 0 Å². The summed E-state index contributed by atoms with van der Waals surface area (Å²) in [5.41, 5.74) is -0.990. The maximum Gasteiger partial charge on any atom is 0.303 e. The van der Waals surface area contributed by atoms with Crippen molar-refractivity contribution < 1.29 is 23.5 Å². The van der Waals surface area contributed by atoms with Crippen molar-refractivity contribution in [1.82, 2.24) is 10.3 Å². The first kappa shape index (κ1) is 18.0. The van der Waals surface area contributed by atoms with E-state index in [0.717, 1.165) is 23.5 Å². The van der Waals surface area contributed by atoms with Gasteiger partial charge in [0.05, 0.1) is 5.56 Å². The number of amides is 1. The summed E-state index contributed by atoms with van der Waals surface area (Å²) in [6.07, 6.45) is 0.156. The first-order valence-corrected chi connectivity index (χ1v) is 8.02. The molecule has 0 spiro atoms. The fraction of sp³-hybridized carbons (Fsp3) is 0.312. The molecule has 0 fully saturated rings. The van der Waals surface area contributed by atoms with Gasteiger partial charge in [-0.25, -0.2) is 13.8 Å². The molecule has 2 N–H and O–H groups in total. The molecule has 5 nitrogen and oxygen atoms in total. The summed E-state index contributed by atoms with van der Waals surface area (Å²) in [5.74, 6) is -2.98. The predicted molar refractivity (Wildman–Crippen MR) is 85.9 cm³/mol. The van der Waals surface area contributed by atoms with Gasteiger partial charge in [0.25, 0.3) is 5.91 Å². The van der Waals surface area contributed by atoms with E-state index in [2.05, 4.69) is 10.3 Å². The lowest BCUT2D eigenvalue weighted by Crippen LogP contribution is -2.43. The summed E-state index contributed by atoms with van der Waals surface area (Å²) in [7, 11) is 0. The molecule has 0 bridgehead atoms. The molecule has 0 radical (unpaired) electrons. The van der Waals surface area contributed by atoms with E-state index in [1.807, 2.05) is 0 Å². The number of thiazole rings is 1. The lowest BCUT2D eigenvalue weighted by molar-refractivity contribution is -0.137. The van der Waals surface area contributed by atoms with Crippen LogP contribution in [0.1, 0.15) is 37.2 Å². The Morgan fingerprint density at radius 3 is 2.50 bits per heavy atom. The number of halogens is 2.